The molecule has 0 bridgehead atoms. The number of benzene rings is 2. The summed E-state index contributed by atoms with van der Waals surface area (Å²) in [6, 6.07) is 14.0. The van der Waals surface area contributed by atoms with Crippen molar-refractivity contribution in [3.63, 3.8) is 0 Å². The second-order valence-electron chi connectivity index (χ2n) is 6.34. The fourth-order valence-electron chi connectivity index (χ4n) is 2.90. The lowest BCUT2D eigenvalue weighted by atomic mass is 10.0. The third-order valence-electron chi connectivity index (χ3n) is 4.32. The third kappa shape index (κ3) is 3.88. The van der Waals surface area contributed by atoms with Crippen molar-refractivity contribution >= 4 is 11.6 Å². The Bertz CT molecular complexity index is 708. The standard InChI is InChI=1S/C20H24N2O2/c1-22(2)18-8-6-16(7-9-18)20(23)21-12-11-15-5-10-19-17(14-15)4-3-13-24-19/h5-10,14H,3-4,11-13H2,1-2H3,(H,21,23). The molecule has 4 heteroatoms. The van der Waals surface area contributed by atoms with Gasteiger partial charge in [-0.15, -0.1) is 0 Å². The number of rotatable bonds is 5. The summed E-state index contributed by atoms with van der Waals surface area (Å²) >= 11 is 0. The van der Waals surface area contributed by atoms with Crippen LogP contribution >= 0.6 is 0 Å². The highest BCUT2D eigenvalue weighted by Crippen LogP contribution is 2.25. The lowest BCUT2D eigenvalue weighted by molar-refractivity contribution is 0.0954. The summed E-state index contributed by atoms with van der Waals surface area (Å²) in [5.74, 6) is 0.983. The van der Waals surface area contributed by atoms with Crippen molar-refractivity contribution in [2.75, 3.05) is 32.1 Å². The Morgan fingerprint density at radius 2 is 1.96 bits per heavy atom. The van der Waals surface area contributed by atoms with Crippen LogP contribution in [0.15, 0.2) is 42.5 Å². The van der Waals surface area contributed by atoms with E-state index in [1.165, 1.54) is 11.1 Å². The minimum atomic E-state index is -0.0263. The number of anilines is 1. The molecule has 3 rings (SSSR count). The molecule has 0 aliphatic carbocycles. The minimum Gasteiger partial charge on any atom is -0.493 e. The number of fused-ring (bicyclic) bond motifs is 1. The highest BCUT2D eigenvalue weighted by Gasteiger charge is 2.11. The maximum Gasteiger partial charge on any atom is 0.251 e. The molecule has 1 aliphatic heterocycles. The molecule has 0 fully saturated rings. The third-order valence-corrected chi connectivity index (χ3v) is 4.32. The topological polar surface area (TPSA) is 41.6 Å². The number of aryl methyl sites for hydroxylation is 1. The van der Waals surface area contributed by atoms with E-state index in [-0.39, 0.29) is 5.91 Å². The van der Waals surface area contributed by atoms with Gasteiger partial charge in [0.1, 0.15) is 5.75 Å². The van der Waals surface area contributed by atoms with Crippen LogP contribution in [0.3, 0.4) is 0 Å². The van der Waals surface area contributed by atoms with E-state index in [9.17, 15) is 4.79 Å². The average Bonchev–Trinajstić information content (AvgIpc) is 2.61. The Morgan fingerprint density at radius 3 is 2.71 bits per heavy atom. The van der Waals surface area contributed by atoms with E-state index in [0.717, 1.165) is 37.3 Å². The van der Waals surface area contributed by atoms with Crippen LogP contribution in [0.1, 0.15) is 27.9 Å². The molecule has 0 spiro atoms. The van der Waals surface area contributed by atoms with Gasteiger partial charge < -0.3 is 15.0 Å². The number of nitrogens with one attached hydrogen (secondary N) is 1. The molecule has 1 heterocycles. The first-order chi connectivity index (χ1) is 11.6. The second-order valence-corrected chi connectivity index (χ2v) is 6.34. The van der Waals surface area contributed by atoms with Gasteiger partial charge in [0.05, 0.1) is 6.61 Å². The number of ether oxygens (including phenoxy) is 1. The molecule has 0 atom stereocenters. The maximum absolute atomic E-state index is 12.2. The average molecular weight is 324 g/mol. The summed E-state index contributed by atoms with van der Waals surface area (Å²) < 4.78 is 5.63. The van der Waals surface area contributed by atoms with Gasteiger partial charge in [0.15, 0.2) is 0 Å². The zero-order chi connectivity index (χ0) is 16.9. The summed E-state index contributed by atoms with van der Waals surface area (Å²) in [7, 11) is 3.97. The molecule has 1 amide bonds. The van der Waals surface area contributed by atoms with Crippen molar-refractivity contribution in [1.29, 1.82) is 0 Å². The summed E-state index contributed by atoms with van der Waals surface area (Å²) in [6.45, 7) is 1.45. The molecule has 0 aromatic heterocycles. The van der Waals surface area contributed by atoms with Crippen LogP contribution in [-0.2, 0) is 12.8 Å². The molecule has 24 heavy (non-hydrogen) atoms. The molecule has 1 N–H and O–H groups in total. The highest BCUT2D eigenvalue weighted by atomic mass is 16.5. The maximum atomic E-state index is 12.2. The van der Waals surface area contributed by atoms with Gasteiger partial charge in [0.2, 0.25) is 0 Å². The van der Waals surface area contributed by atoms with E-state index in [1.807, 2.05) is 49.3 Å². The van der Waals surface area contributed by atoms with Gasteiger partial charge >= 0.3 is 0 Å². The van der Waals surface area contributed by atoms with E-state index in [1.54, 1.807) is 0 Å². The Labute approximate surface area is 143 Å². The van der Waals surface area contributed by atoms with Crippen LogP contribution in [0.5, 0.6) is 5.75 Å². The van der Waals surface area contributed by atoms with Crippen molar-refractivity contribution < 1.29 is 9.53 Å². The largest absolute Gasteiger partial charge is 0.493 e. The van der Waals surface area contributed by atoms with Crippen LogP contribution in [0.2, 0.25) is 0 Å². The first-order valence-electron chi connectivity index (χ1n) is 8.44. The minimum absolute atomic E-state index is 0.0263. The molecule has 0 unspecified atom stereocenters. The molecule has 0 saturated heterocycles. The Balaban J connectivity index is 1.53. The van der Waals surface area contributed by atoms with Gasteiger partial charge in [0, 0.05) is 31.9 Å². The monoisotopic (exact) mass is 324 g/mol. The SMILES string of the molecule is CN(C)c1ccc(C(=O)NCCc2ccc3c(c2)CCCO3)cc1. The predicted molar refractivity (Wildman–Crippen MR) is 97.1 cm³/mol. The zero-order valence-electron chi connectivity index (χ0n) is 14.3. The van der Waals surface area contributed by atoms with Gasteiger partial charge in [-0.25, -0.2) is 0 Å². The summed E-state index contributed by atoms with van der Waals surface area (Å²) in [6.07, 6.45) is 2.98. The van der Waals surface area contributed by atoms with Gasteiger partial charge in [-0.05, 0) is 60.7 Å². The lowest BCUT2D eigenvalue weighted by Crippen LogP contribution is -2.25. The number of carbonyl (C=O) groups is 1. The van der Waals surface area contributed by atoms with Gasteiger partial charge in [0.25, 0.3) is 5.91 Å². The first-order valence-corrected chi connectivity index (χ1v) is 8.44. The van der Waals surface area contributed by atoms with Crippen LogP contribution in [0, 0.1) is 0 Å². The Morgan fingerprint density at radius 1 is 1.17 bits per heavy atom. The van der Waals surface area contributed by atoms with E-state index in [0.29, 0.717) is 12.1 Å². The fraction of sp³-hybridized carbons (Fsp3) is 0.350. The predicted octanol–water partition coefficient (Wildman–Crippen LogP) is 3.05. The summed E-state index contributed by atoms with van der Waals surface area (Å²) in [4.78, 5) is 14.2. The Hall–Kier alpha value is -2.49. The van der Waals surface area contributed by atoms with E-state index < -0.39 is 0 Å². The van der Waals surface area contributed by atoms with Gasteiger partial charge in [-0.2, -0.15) is 0 Å². The van der Waals surface area contributed by atoms with Crippen LogP contribution in [0.25, 0.3) is 0 Å². The number of amides is 1. The van der Waals surface area contributed by atoms with Crippen LogP contribution < -0.4 is 15.0 Å². The van der Waals surface area contributed by atoms with Crippen LogP contribution in [0.4, 0.5) is 5.69 Å². The Kier molecular flexibility index (Phi) is 5.04. The van der Waals surface area contributed by atoms with Crippen molar-refractivity contribution in [1.82, 2.24) is 5.32 Å². The van der Waals surface area contributed by atoms with Gasteiger partial charge in [-0.3, -0.25) is 4.79 Å². The van der Waals surface area contributed by atoms with Gasteiger partial charge in [-0.1, -0.05) is 12.1 Å². The number of hydrogen-bond donors (Lipinski definition) is 1. The quantitative estimate of drug-likeness (QED) is 0.919. The van der Waals surface area contributed by atoms with Crippen molar-refractivity contribution in [2.45, 2.75) is 19.3 Å². The zero-order valence-corrected chi connectivity index (χ0v) is 14.3. The summed E-state index contributed by atoms with van der Waals surface area (Å²) in [5, 5.41) is 2.99. The summed E-state index contributed by atoms with van der Waals surface area (Å²) in [5.41, 5.74) is 4.30. The smallest absolute Gasteiger partial charge is 0.251 e. The number of nitrogens with zero attached hydrogens (tertiary/aromatic N) is 1. The molecule has 2 aromatic carbocycles. The lowest BCUT2D eigenvalue weighted by Gasteiger charge is -2.18. The normalized spacial score (nSPS) is 12.9. The van der Waals surface area contributed by atoms with E-state index in [4.69, 9.17) is 4.74 Å². The molecular weight excluding hydrogens is 300 g/mol. The molecule has 1 aliphatic rings. The van der Waals surface area contributed by atoms with Crippen LogP contribution in [-0.4, -0.2) is 33.2 Å². The number of hydrogen-bond acceptors (Lipinski definition) is 3. The second kappa shape index (κ2) is 7.39. The highest BCUT2D eigenvalue weighted by molar-refractivity contribution is 5.94. The number of carbonyl (C=O) groups excluding carboxylic acids is 1. The molecular formula is C20H24N2O2. The van der Waals surface area contributed by atoms with Crippen molar-refractivity contribution in [2.24, 2.45) is 0 Å². The molecule has 4 nitrogen and oxygen atoms in total. The first kappa shape index (κ1) is 16.4. The van der Waals surface area contributed by atoms with Crippen molar-refractivity contribution in [3.8, 4) is 5.75 Å². The van der Waals surface area contributed by atoms with E-state index in [2.05, 4.69) is 17.4 Å². The molecule has 126 valence electrons. The molecule has 2 aromatic rings. The van der Waals surface area contributed by atoms with Crippen molar-refractivity contribution in [3.05, 3.63) is 59.2 Å². The molecule has 0 saturated carbocycles. The van der Waals surface area contributed by atoms with E-state index >= 15 is 0 Å². The fourth-order valence-corrected chi connectivity index (χ4v) is 2.90. The molecule has 0 radical (unpaired) electrons.